The first kappa shape index (κ1) is 14.1. The third-order valence-corrected chi connectivity index (χ3v) is 11.6. The van der Waals surface area contributed by atoms with E-state index in [-0.39, 0.29) is 22.7 Å². The minimum Gasteiger partial charge on any atom is -0.461 e. The molecule has 3 heteroatoms. The van der Waals surface area contributed by atoms with E-state index in [0.717, 1.165) is 0 Å². The highest BCUT2D eigenvalue weighted by Gasteiger charge is 2.58. The van der Waals surface area contributed by atoms with E-state index in [1.807, 2.05) is 0 Å². The Morgan fingerprint density at radius 1 is 1.11 bits per heavy atom. The Balaban J connectivity index is 2.13. The average Bonchev–Trinajstić information content (AvgIpc) is 2.24. The van der Waals surface area contributed by atoms with E-state index in [0.29, 0.717) is 5.92 Å². The van der Waals surface area contributed by atoms with Gasteiger partial charge in [-0.05, 0) is 23.8 Å². The molecule has 0 aromatic carbocycles. The molecule has 0 aromatic heterocycles. The van der Waals surface area contributed by atoms with Crippen LogP contribution in [0.15, 0.2) is 0 Å². The highest BCUT2D eigenvalue weighted by atomic mass is 28.3. The number of ether oxygens (including phenoxy) is 1. The van der Waals surface area contributed by atoms with Crippen LogP contribution in [0.25, 0.3) is 0 Å². The van der Waals surface area contributed by atoms with Crippen molar-refractivity contribution in [1.82, 2.24) is 0 Å². The normalized spacial score (nSPS) is 30.8. The van der Waals surface area contributed by atoms with E-state index in [1.165, 1.54) is 32.1 Å². The summed E-state index contributed by atoms with van der Waals surface area (Å²) in [5.74, 6) is 0.743. The Morgan fingerprint density at radius 3 is 2.11 bits per heavy atom. The zero-order valence-corrected chi connectivity index (χ0v) is 13.6. The molecule has 0 radical (unpaired) electrons. The quantitative estimate of drug-likeness (QED) is 0.549. The molecule has 0 N–H and O–H groups in total. The van der Waals surface area contributed by atoms with Crippen molar-refractivity contribution < 1.29 is 9.53 Å². The topological polar surface area (TPSA) is 26.3 Å². The summed E-state index contributed by atoms with van der Waals surface area (Å²) in [6, 6.07) is 0. The number of hydrogen-bond acceptors (Lipinski definition) is 2. The average molecular weight is 268 g/mol. The molecule has 2 fully saturated rings. The van der Waals surface area contributed by atoms with E-state index in [4.69, 9.17) is 4.74 Å². The van der Waals surface area contributed by atoms with Gasteiger partial charge in [0.25, 0.3) is 0 Å². The van der Waals surface area contributed by atoms with Crippen molar-refractivity contribution >= 4 is 14.0 Å². The molecule has 1 aliphatic carbocycles. The Morgan fingerprint density at radius 2 is 1.67 bits per heavy atom. The van der Waals surface area contributed by atoms with Gasteiger partial charge in [0.15, 0.2) is 0 Å². The van der Waals surface area contributed by atoms with Crippen molar-refractivity contribution in [1.29, 1.82) is 0 Å². The van der Waals surface area contributed by atoms with Gasteiger partial charge in [-0.15, -0.1) is 0 Å². The molecule has 1 aliphatic heterocycles. The fourth-order valence-corrected chi connectivity index (χ4v) is 6.09. The molecule has 0 unspecified atom stereocenters. The summed E-state index contributed by atoms with van der Waals surface area (Å²) >= 11 is 0. The Kier molecular flexibility index (Phi) is 3.65. The summed E-state index contributed by atoms with van der Waals surface area (Å²) in [4.78, 5) is 12.0. The summed E-state index contributed by atoms with van der Waals surface area (Å²) in [5.41, 5.74) is 0.237. The first-order valence-corrected chi connectivity index (χ1v) is 10.5. The monoisotopic (exact) mass is 268 g/mol. The van der Waals surface area contributed by atoms with Gasteiger partial charge >= 0.3 is 5.97 Å². The summed E-state index contributed by atoms with van der Waals surface area (Å²) in [6.45, 7) is 11.6. The van der Waals surface area contributed by atoms with E-state index in [9.17, 15) is 4.79 Å². The van der Waals surface area contributed by atoms with Gasteiger partial charge in [0.1, 0.15) is 6.10 Å². The largest absolute Gasteiger partial charge is 0.461 e. The van der Waals surface area contributed by atoms with Crippen molar-refractivity contribution in [2.24, 2.45) is 5.92 Å². The van der Waals surface area contributed by atoms with Gasteiger partial charge < -0.3 is 4.74 Å². The zero-order chi connectivity index (χ0) is 13.6. The lowest BCUT2D eigenvalue weighted by atomic mass is 9.82. The lowest BCUT2D eigenvalue weighted by Crippen LogP contribution is -2.60. The first-order chi connectivity index (χ1) is 8.25. The van der Waals surface area contributed by atoms with Gasteiger partial charge in [0.2, 0.25) is 0 Å². The maximum atomic E-state index is 12.0. The summed E-state index contributed by atoms with van der Waals surface area (Å²) in [5, 5.41) is 0.268. The van der Waals surface area contributed by atoms with Crippen molar-refractivity contribution in [2.45, 2.75) is 82.7 Å². The number of carbonyl (C=O) groups excluding carboxylic acids is 1. The number of esters is 1. The van der Waals surface area contributed by atoms with Crippen LogP contribution in [0.4, 0.5) is 0 Å². The highest BCUT2D eigenvalue weighted by molar-refractivity contribution is 6.84. The van der Waals surface area contributed by atoms with Crippen LogP contribution in [-0.2, 0) is 9.53 Å². The Bertz CT molecular complexity index is 324. The smallest absolute Gasteiger partial charge is 0.310 e. The molecule has 104 valence electrons. The van der Waals surface area contributed by atoms with Gasteiger partial charge in [-0.3, -0.25) is 4.79 Å². The molecule has 0 amide bonds. The lowest BCUT2D eigenvalue weighted by Gasteiger charge is -2.52. The maximum Gasteiger partial charge on any atom is 0.310 e. The molecule has 0 aromatic rings. The summed E-state index contributed by atoms with van der Waals surface area (Å²) < 4.78 is 5.57. The molecule has 0 bridgehead atoms. The van der Waals surface area contributed by atoms with Crippen molar-refractivity contribution in [3.8, 4) is 0 Å². The minimum atomic E-state index is -1.61. The van der Waals surface area contributed by atoms with Crippen LogP contribution in [0.3, 0.4) is 0 Å². The van der Waals surface area contributed by atoms with Crippen molar-refractivity contribution in [3.05, 3.63) is 0 Å². The minimum absolute atomic E-state index is 0.0946. The second kappa shape index (κ2) is 4.66. The SMILES string of the molecule is CC(C)(C)[Si](C)(C)[C@@H]1C(=O)O[C@@H]1C1CCCCC1. The number of rotatable bonds is 2. The second-order valence-corrected chi connectivity index (χ2v) is 13.3. The van der Waals surface area contributed by atoms with E-state index in [1.54, 1.807) is 0 Å². The highest BCUT2D eigenvalue weighted by Crippen LogP contribution is 2.53. The molecule has 18 heavy (non-hydrogen) atoms. The lowest BCUT2D eigenvalue weighted by molar-refractivity contribution is -0.176. The molecule has 2 atom stereocenters. The van der Waals surface area contributed by atoms with Gasteiger partial charge in [-0.25, -0.2) is 0 Å². The summed E-state index contributed by atoms with van der Waals surface area (Å²) in [7, 11) is -1.61. The Hall–Kier alpha value is -0.313. The molecular weight excluding hydrogens is 240 g/mol. The molecule has 2 aliphatic rings. The molecular formula is C15H28O2Si. The van der Waals surface area contributed by atoms with Crippen molar-refractivity contribution in [2.75, 3.05) is 0 Å². The van der Waals surface area contributed by atoms with Gasteiger partial charge in [-0.1, -0.05) is 53.1 Å². The third kappa shape index (κ3) is 2.26. The van der Waals surface area contributed by atoms with Crippen LogP contribution in [-0.4, -0.2) is 20.1 Å². The number of carbonyl (C=O) groups is 1. The van der Waals surface area contributed by atoms with E-state index >= 15 is 0 Å². The molecule has 0 spiro atoms. The summed E-state index contributed by atoms with van der Waals surface area (Å²) in [6.07, 6.45) is 6.79. The predicted molar refractivity (Wildman–Crippen MR) is 77.4 cm³/mol. The number of cyclic esters (lactones) is 1. The van der Waals surface area contributed by atoms with Gasteiger partial charge in [0, 0.05) is 0 Å². The fraction of sp³-hybridized carbons (Fsp3) is 0.933. The first-order valence-electron chi connectivity index (χ1n) is 7.45. The molecule has 1 heterocycles. The van der Waals surface area contributed by atoms with Crippen LogP contribution in [0, 0.1) is 5.92 Å². The second-order valence-electron chi connectivity index (χ2n) is 7.75. The molecule has 1 saturated carbocycles. The van der Waals surface area contributed by atoms with Crippen LogP contribution in [0.1, 0.15) is 52.9 Å². The third-order valence-electron chi connectivity index (χ3n) is 5.66. The predicted octanol–water partition coefficient (Wildman–Crippen LogP) is 4.37. The number of hydrogen-bond donors (Lipinski definition) is 0. The van der Waals surface area contributed by atoms with E-state index < -0.39 is 8.07 Å². The Labute approximate surface area is 112 Å². The molecule has 2 nitrogen and oxygen atoms in total. The van der Waals surface area contributed by atoms with Crippen LogP contribution < -0.4 is 0 Å². The van der Waals surface area contributed by atoms with Gasteiger partial charge in [-0.2, -0.15) is 0 Å². The van der Waals surface area contributed by atoms with Gasteiger partial charge in [0.05, 0.1) is 13.6 Å². The molecule has 1 saturated heterocycles. The van der Waals surface area contributed by atoms with Crippen LogP contribution in [0.2, 0.25) is 23.7 Å². The van der Waals surface area contributed by atoms with Crippen LogP contribution >= 0.6 is 0 Å². The van der Waals surface area contributed by atoms with Crippen molar-refractivity contribution in [3.63, 3.8) is 0 Å². The van der Waals surface area contributed by atoms with Crippen LogP contribution in [0.5, 0.6) is 0 Å². The van der Waals surface area contributed by atoms with E-state index in [2.05, 4.69) is 33.9 Å². The fourth-order valence-electron chi connectivity index (χ4n) is 3.34. The standard InChI is InChI=1S/C15H28O2Si/c1-15(2,3)18(4,5)13-12(17-14(13)16)11-9-7-6-8-10-11/h11-13H,6-10H2,1-5H3/t12-,13+/m1/s1. The molecule has 2 rings (SSSR count). The maximum absolute atomic E-state index is 12.0. The zero-order valence-electron chi connectivity index (χ0n) is 12.6.